The molecule has 0 spiro atoms. The maximum absolute atomic E-state index is 5.28. The van der Waals surface area contributed by atoms with Crippen molar-refractivity contribution in [1.29, 1.82) is 0 Å². The molecule has 15 heterocycles. The average Bonchev–Trinajstić information content (AvgIpc) is 0.785. The van der Waals surface area contributed by atoms with Crippen molar-refractivity contribution >= 4 is 128 Å². The van der Waals surface area contributed by atoms with Crippen molar-refractivity contribution in [1.82, 2.24) is 186 Å². The summed E-state index contributed by atoms with van der Waals surface area (Å²) in [6, 6.07) is 0. The molecule has 428 valence electrons. The first-order valence-electron chi connectivity index (χ1n) is 25.7. The molecule has 5 aliphatic rings. The molecule has 15 rings (SSSR count). The minimum atomic E-state index is -0.287. The van der Waals surface area contributed by atoms with E-state index in [4.69, 9.17) is 150 Å². The fourth-order valence-electron chi connectivity index (χ4n) is 8.87. The maximum atomic E-state index is 5.28. The van der Waals surface area contributed by atoms with Gasteiger partial charge >= 0.3 is 0 Å². The summed E-state index contributed by atoms with van der Waals surface area (Å²) in [6.45, 7) is 6.76. The number of aryl methyl sites for hydroxylation is 8. The van der Waals surface area contributed by atoms with E-state index in [0.29, 0.717) is 0 Å². The van der Waals surface area contributed by atoms with Crippen LogP contribution in [-0.4, -0.2) is 228 Å². The van der Waals surface area contributed by atoms with E-state index in [1.165, 1.54) is 32.3 Å². The van der Waals surface area contributed by atoms with E-state index >= 15 is 0 Å². The smallest absolute Gasteiger partial charge is 0.246 e. The summed E-state index contributed by atoms with van der Waals surface area (Å²) < 4.78 is 11.7. The molecule has 5 aliphatic heterocycles. The molecule has 0 amide bonds. The SMILES string of the molecule is Cc1nc2nc(n1)n1c3nc(C)nc(n3)n(C)c3nc(N(C)C)nc(n3)n3c4nc(N(C)C)nc(n4)n4c5nc(N(C)C)nc(n5)n(C)c5nc(C)nc(n5)n5c6nc(C)nc(n6)n(C)c6nc(nc(n6)n2C)N(c2nc-1nc-3n2)c1nc-5nc-4n1. The zero-order valence-corrected chi connectivity index (χ0v) is 47.8. The lowest BCUT2D eigenvalue weighted by Crippen LogP contribution is -2.27. The maximum Gasteiger partial charge on any atom is 0.246 e. The number of nitrogens with zero attached hydrogens (tertiary/aromatic N) is 42. The third kappa shape index (κ3) is 8.00. The van der Waals surface area contributed by atoms with Gasteiger partial charge in [-0.05, 0) is 27.7 Å². The summed E-state index contributed by atoms with van der Waals surface area (Å²) in [5.41, 5.74) is 0. The van der Waals surface area contributed by atoms with Gasteiger partial charge in [-0.3, -0.25) is 18.3 Å². The number of hydrogen-bond acceptors (Lipinski definition) is 34. The Morgan fingerprint density at radius 3 is 0.640 bits per heavy atom. The van der Waals surface area contributed by atoms with Crippen molar-refractivity contribution in [2.45, 2.75) is 27.7 Å². The summed E-state index contributed by atoms with van der Waals surface area (Å²) >= 11 is 0. The first-order valence-corrected chi connectivity index (χ1v) is 25.7. The predicted octanol–water partition coefficient (Wildman–Crippen LogP) is -1.26. The molecule has 0 atom stereocenters. The summed E-state index contributed by atoms with van der Waals surface area (Å²) in [4.78, 5) is 157. The van der Waals surface area contributed by atoms with E-state index in [1.54, 1.807) is 122 Å². The fourth-order valence-corrected chi connectivity index (χ4v) is 8.87. The van der Waals surface area contributed by atoms with Gasteiger partial charge in [0.2, 0.25) is 152 Å². The summed E-state index contributed by atoms with van der Waals surface area (Å²) in [5.74, 6) is -0.875. The van der Waals surface area contributed by atoms with Gasteiger partial charge in [0.05, 0.1) is 0 Å². The molecule has 0 saturated heterocycles. The number of anilines is 6. The summed E-state index contributed by atoms with van der Waals surface area (Å²) in [5, 5.41) is 0. The molecule has 42 nitrogen and oxygen atoms in total. The molecule has 0 radical (unpaired) electrons. The normalized spacial score (nSPS) is 12.3. The lowest BCUT2D eigenvalue weighted by molar-refractivity contribution is 0.771. The van der Waals surface area contributed by atoms with Gasteiger partial charge in [0.25, 0.3) is 0 Å². The lowest BCUT2D eigenvalue weighted by Gasteiger charge is -2.23. The van der Waals surface area contributed by atoms with Crippen molar-refractivity contribution in [3.8, 4) is 23.8 Å². The second kappa shape index (κ2) is 18.1. The highest BCUT2D eigenvalue weighted by molar-refractivity contribution is 5.70. The molecule has 23 bridgehead atoms. The van der Waals surface area contributed by atoms with E-state index in [9.17, 15) is 0 Å². The minimum absolute atomic E-state index is 0.0241. The van der Waals surface area contributed by atoms with Gasteiger partial charge in [0, 0.05) is 70.5 Å². The molecule has 0 unspecified atom stereocenters. The Labute approximate surface area is 477 Å². The standard InChI is InChI=1S/C44H42N42/c1-15-45-22-60-30(49-15)82-32-51-17(3)47-24(62-32)80(13)28-59-29-67-38(66-28)86-43-71-39(82)69-41(73-43)84(34-55-19(75(5)6)53-26(64-34)78(22)11)36-57-21(77(9)10)58-37(68-36)85-35-56-20(76(7)8)54-27(65-35)79(12)23-46-16(2)50-31(61-23)83(40-70-42(85)74-44(86)72-40)33-52-18(4)48-25(63-33)81(29)14/h1-14H3. The molecule has 10 aromatic heterocycles. The monoisotopic (exact) mass is 1160 g/mol. The van der Waals surface area contributed by atoms with Crippen LogP contribution in [0.3, 0.4) is 0 Å². The van der Waals surface area contributed by atoms with Crippen LogP contribution in [0.25, 0.3) is 116 Å². The molecule has 86 heavy (non-hydrogen) atoms. The fraction of sp³-hybridized carbons (Fsp3) is 0.318. The van der Waals surface area contributed by atoms with E-state index in [1.807, 2.05) is 0 Å². The van der Waals surface area contributed by atoms with Gasteiger partial charge in [-0.1, -0.05) is 0 Å². The zero-order valence-electron chi connectivity index (χ0n) is 47.8. The second-order valence-electron chi connectivity index (χ2n) is 19.9. The number of aromatic nitrogens is 38. The highest BCUT2D eigenvalue weighted by Gasteiger charge is 2.32. The number of hydrogen-bond donors (Lipinski definition) is 0. The first kappa shape index (κ1) is 50.6. The highest BCUT2D eigenvalue weighted by atomic mass is 15.5. The molecular weight excluding hydrogens is 1120 g/mol. The Morgan fingerprint density at radius 1 is 0.198 bits per heavy atom. The van der Waals surface area contributed by atoms with E-state index in [0.717, 1.165) is 0 Å². The molecule has 42 heteroatoms. The highest BCUT2D eigenvalue weighted by Crippen LogP contribution is 2.32. The van der Waals surface area contributed by atoms with Gasteiger partial charge in [-0.15, -0.1) is 0 Å². The lowest BCUT2D eigenvalue weighted by atomic mass is 10.6. The number of fused-ring (bicyclic) bond motifs is 24. The Balaban J connectivity index is 1.34. The van der Waals surface area contributed by atoms with Crippen LogP contribution >= 0.6 is 0 Å². The Morgan fingerprint density at radius 2 is 0.372 bits per heavy atom. The van der Waals surface area contributed by atoms with Crippen molar-refractivity contribution in [2.75, 3.05) is 61.9 Å². The van der Waals surface area contributed by atoms with Crippen LogP contribution in [0.5, 0.6) is 0 Å². The third-order valence-electron chi connectivity index (χ3n) is 13.1. The van der Waals surface area contributed by atoms with Crippen LogP contribution < -0.4 is 19.6 Å². The quantitative estimate of drug-likeness (QED) is 0.199. The van der Waals surface area contributed by atoms with Crippen molar-refractivity contribution in [3.05, 3.63) is 23.3 Å². The van der Waals surface area contributed by atoms with Crippen LogP contribution in [0.15, 0.2) is 0 Å². The molecule has 0 aliphatic carbocycles. The molecule has 0 fully saturated rings. The Bertz CT molecular complexity index is 5050. The van der Waals surface area contributed by atoms with E-state index in [-0.39, 0.29) is 175 Å². The minimum Gasteiger partial charge on any atom is -0.347 e. The van der Waals surface area contributed by atoms with Crippen molar-refractivity contribution in [3.63, 3.8) is 0 Å². The average molecular weight is 1160 g/mol. The van der Waals surface area contributed by atoms with E-state index < -0.39 is 0 Å². The Kier molecular flexibility index (Phi) is 10.7. The van der Waals surface area contributed by atoms with Crippen LogP contribution in [0.4, 0.5) is 35.7 Å². The van der Waals surface area contributed by atoms with Crippen LogP contribution in [-0.2, 0) is 28.2 Å². The number of rotatable bonds is 3. The molecule has 0 aromatic carbocycles. The predicted molar refractivity (Wildman–Crippen MR) is 299 cm³/mol. The second-order valence-corrected chi connectivity index (χ2v) is 19.9. The largest absolute Gasteiger partial charge is 0.347 e. The molecule has 0 N–H and O–H groups in total. The molecule has 10 aromatic rings. The summed E-state index contributed by atoms with van der Waals surface area (Å²) in [7, 11) is 17.2. The molecular formula is C44H42N42. The van der Waals surface area contributed by atoms with Gasteiger partial charge in [-0.2, -0.15) is 150 Å². The van der Waals surface area contributed by atoms with Crippen LogP contribution in [0, 0.1) is 27.7 Å². The van der Waals surface area contributed by atoms with Crippen LogP contribution in [0.1, 0.15) is 23.3 Å². The van der Waals surface area contributed by atoms with Gasteiger partial charge in [0.15, 0.2) is 0 Å². The Hall–Kier alpha value is -12.3. The van der Waals surface area contributed by atoms with Gasteiger partial charge < -0.3 is 14.7 Å². The third-order valence-corrected chi connectivity index (χ3v) is 13.1. The molecule has 0 saturated carbocycles. The first-order chi connectivity index (χ1) is 41.2. The van der Waals surface area contributed by atoms with Crippen molar-refractivity contribution < 1.29 is 0 Å². The summed E-state index contributed by atoms with van der Waals surface area (Å²) in [6.07, 6.45) is 0. The van der Waals surface area contributed by atoms with Crippen LogP contribution in [0.2, 0.25) is 0 Å². The topological polar surface area (TPSA) is 439 Å². The van der Waals surface area contributed by atoms with Gasteiger partial charge in [0.1, 0.15) is 23.3 Å². The van der Waals surface area contributed by atoms with Crippen molar-refractivity contribution in [2.24, 2.45) is 28.2 Å². The van der Waals surface area contributed by atoms with Gasteiger partial charge in [-0.25, -0.2) is 23.2 Å². The van der Waals surface area contributed by atoms with E-state index in [2.05, 4.69) is 0 Å². The zero-order chi connectivity index (χ0) is 59.5.